The van der Waals surface area contributed by atoms with Gasteiger partial charge in [-0.2, -0.15) is 5.10 Å². The van der Waals surface area contributed by atoms with Crippen LogP contribution in [0.15, 0.2) is 52.6 Å². The van der Waals surface area contributed by atoms with Gasteiger partial charge in [0.25, 0.3) is 5.91 Å². The molecule has 0 spiro atoms. The lowest BCUT2D eigenvalue weighted by Crippen LogP contribution is -2.26. The zero-order valence-electron chi connectivity index (χ0n) is 15.1. The summed E-state index contributed by atoms with van der Waals surface area (Å²) < 4.78 is 14.9. The molecule has 0 radical (unpaired) electrons. The van der Waals surface area contributed by atoms with E-state index in [1.807, 2.05) is 36.6 Å². The van der Waals surface area contributed by atoms with Crippen molar-refractivity contribution in [1.29, 1.82) is 0 Å². The van der Waals surface area contributed by atoms with Crippen LogP contribution in [0, 0.1) is 12.7 Å². The summed E-state index contributed by atoms with van der Waals surface area (Å²) in [6.07, 6.45) is 0. The molecule has 2 aromatic heterocycles. The van der Waals surface area contributed by atoms with E-state index in [2.05, 4.69) is 15.4 Å². The van der Waals surface area contributed by atoms with Crippen LogP contribution in [0.25, 0.3) is 22.2 Å². The smallest absolute Gasteiger partial charge is 0.281 e. The van der Waals surface area contributed by atoms with Gasteiger partial charge in [-0.25, -0.2) is 9.37 Å². The number of anilines is 1. The van der Waals surface area contributed by atoms with Gasteiger partial charge >= 0.3 is 0 Å². The van der Waals surface area contributed by atoms with Crippen molar-refractivity contribution < 1.29 is 9.18 Å². The first kappa shape index (κ1) is 18.0. The summed E-state index contributed by atoms with van der Waals surface area (Å²) >= 11 is 1.25. The molecule has 1 amide bonds. The molecule has 0 unspecified atom stereocenters. The molecule has 0 aliphatic carbocycles. The third-order valence-electron chi connectivity index (χ3n) is 4.30. The number of halogens is 1. The van der Waals surface area contributed by atoms with Crippen LogP contribution in [0.1, 0.15) is 16.1 Å². The Morgan fingerprint density at radius 2 is 1.93 bits per heavy atom. The van der Waals surface area contributed by atoms with Crippen molar-refractivity contribution >= 4 is 33.3 Å². The Bertz CT molecular complexity index is 1260. The third kappa shape index (κ3) is 3.29. The van der Waals surface area contributed by atoms with Gasteiger partial charge in [-0.05, 0) is 25.1 Å². The van der Waals surface area contributed by atoms with Gasteiger partial charge < -0.3 is 0 Å². The number of amides is 1. The molecule has 0 saturated carbocycles. The molecule has 0 bridgehead atoms. The predicted octanol–water partition coefficient (Wildman–Crippen LogP) is 3.76. The normalized spacial score (nSPS) is 11.0. The van der Waals surface area contributed by atoms with Crippen LogP contribution in [0.2, 0.25) is 0 Å². The molecule has 1 N–H and O–H groups in total. The summed E-state index contributed by atoms with van der Waals surface area (Å²) in [4.78, 5) is 29.6. The predicted molar refractivity (Wildman–Crippen MR) is 107 cm³/mol. The first-order valence-electron chi connectivity index (χ1n) is 8.43. The topological polar surface area (TPSA) is 76.9 Å². The molecule has 0 aliphatic heterocycles. The van der Waals surface area contributed by atoms with Crippen molar-refractivity contribution in [2.45, 2.75) is 6.92 Å². The molecule has 4 rings (SSSR count). The molecule has 4 aromatic rings. The molecular weight excluding hydrogens is 379 g/mol. The Morgan fingerprint density at radius 1 is 1.18 bits per heavy atom. The second-order valence-corrected chi connectivity index (χ2v) is 7.18. The fourth-order valence-corrected chi connectivity index (χ4v) is 3.56. The summed E-state index contributed by atoms with van der Waals surface area (Å²) in [6.45, 7) is 2.00. The number of carbonyl (C=O) groups is 1. The van der Waals surface area contributed by atoms with Crippen LogP contribution in [-0.2, 0) is 7.05 Å². The maximum Gasteiger partial charge on any atom is 0.281 e. The Labute approximate surface area is 163 Å². The number of carbonyl (C=O) groups excluding carboxylic acids is 1. The Balaban J connectivity index is 1.65. The van der Waals surface area contributed by atoms with Gasteiger partial charge in [0, 0.05) is 18.0 Å². The van der Waals surface area contributed by atoms with Gasteiger partial charge in [-0.3, -0.25) is 19.6 Å². The molecule has 0 aliphatic rings. The summed E-state index contributed by atoms with van der Waals surface area (Å²) in [5.41, 5.74) is 2.30. The van der Waals surface area contributed by atoms with E-state index in [9.17, 15) is 14.0 Å². The van der Waals surface area contributed by atoms with E-state index in [1.165, 1.54) is 28.2 Å². The number of fused-ring (bicyclic) bond motifs is 1. The summed E-state index contributed by atoms with van der Waals surface area (Å²) in [6, 6.07) is 11.7. The van der Waals surface area contributed by atoms with E-state index in [1.54, 1.807) is 7.05 Å². The van der Waals surface area contributed by atoms with Crippen molar-refractivity contribution in [2.24, 2.45) is 7.05 Å². The minimum atomic E-state index is -0.684. The average molecular weight is 394 g/mol. The quantitative estimate of drug-likeness (QED) is 0.574. The van der Waals surface area contributed by atoms with Crippen LogP contribution in [0.4, 0.5) is 9.52 Å². The molecule has 0 fully saturated rings. The minimum absolute atomic E-state index is 0.0992. The van der Waals surface area contributed by atoms with E-state index in [4.69, 9.17) is 0 Å². The second kappa shape index (κ2) is 6.97. The third-order valence-corrected chi connectivity index (χ3v) is 5.06. The van der Waals surface area contributed by atoms with Gasteiger partial charge in [0.1, 0.15) is 5.82 Å². The highest BCUT2D eigenvalue weighted by atomic mass is 32.1. The fraction of sp³-hybridized carbons (Fsp3) is 0.100. The van der Waals surface area contributed by atoms with Crippen LogP contribution < -0.4 is 10.7 Å². The van der Waals surface area contributed by atoms with Crippen LogP contribution in [0.5, 0.6) is 0 Å². The minimum Gasteiger partial charge on any atom is -0.296 e. The van der Waals surface area contributed by atoms with Crippen molar-refractivity contribution in [3.63, 3.8) is 0 Å². The molecule has 6 nitrogen and oxygen atoms in total. The van der Waals surface area contributed by atoms with Gasteiger partial charge in [-0.1, -0.05) is 29.8 Å². The van der Waals surface area contributed by atoms with Gasteiger partial charge in [0.05, 0.1) is 16.6 Å². The van der Waals surface area contributed by atoms with E-state index < -0.39 is 17.2 Å². The van der Waals surface area contributed by atoms with E-state index in [-0.39, 0.29) is 11.1 Å². The molecule has 0 atom stereocenters. The van der Waals surface area contributed by atoms with E-state index >= 15 is 0 Å². The number of aryl methyl sites for hydroxylation is 2. The number of thiazole rings is 1. The summed E-state index contributed by atoms with van der Waals surface area (Å²) in [5.74, 6) is -1.23. The maximum atomic E-state index is 13.5. The number of nitrogens with zero attached hydrogens (tertiary/aromatic N) is 3. The Morgan fingerprint density at radius 3 is 2.68 bits per heavy atom. The highest BCUT2D eigenvalue weighted by molar-refractivity contribution is 7.14. The first-order valence-corrected chi connectivity index (χ1v) is 9.31. The van der Waals surface area contributed by atoms with Crippen LogP contribution in [-0.4, -0.2) is 20.7 Å². The zero-order valence-corrected chi connectivity index (χ0v) is 15.9. The number of benzene rings is 2. The van der Waals surface area contributed by atoms with Crippen LogP contribution >= 0.6 is 11.3 Å². The van der Waals surface area contributed by atoms with Crippen LogP contribution in [0.3, 0.4) is 0 Å². The van der Waals surface area contributed by atoms with E-state index in [0.717, 1.165) is 22.9 Å². The molecule has 28 heavy (non-hydrogen) atoms. The molecule has 8 heteroatoms. The fourth-order valence-electron chi connectivity index (χ4n) is 2.84. The van der Waals surface area contributed by atoms with Crippen molar-refractivity contribution in [1.82, 2.24) is 14.8 Å². The number of nitrogens with one attached hydrogen (secondary N) is 1. The summed E-state index contributed by atoms with van der Waals surface area (Å²) in [5, 5.41) is 8.92. The standard InChI is InChI=1S/C20H15FN4O2S/c1-11-3-5-12(6-4-11)15-10-28-20(22-15)23-19(27)17-18(26)14-9-13(21)7-8-16(14)25(2)24-17/h3-10H,1-2H3,(H,22,23,27). The van der Waals surface area contributed by atoms with Gasteiger partial charge in [0.15, 0.2) is 10.8 Å². The summed E-state index contributed by atoms with van der Waals surface area (Å²) in [7, 11) is 1.59. The lowest BCUT2D eigenvalue weighted by atomic mass is 10.1. The number of aromatic nitrogens is 3. The number of hydrogen-bond donors (Lipinski definition) is 1. The Kier molecular flexibility index (Phi) is 4.48. The molecule has 0 saturated heterocycles. The highest BCUT2D eigenvalue weighted by Crippen LogP contribution is 2.25. The maximum absolute atomic E-state index is 13.5. The molecule has 2 heterocycles. The monoisotopic (exact) mass is 394 g/mol. The van der Waals surface area contributed by atoms with Gasteiger partial charge in [-0.15, -0.1) is 11.3 Å². The Hall–Kier alpha value is -3.39. The molecule has 2 aromatic carbocycles. The lowest BCUT2D eigenvalue weighted by molar-refractivity contribution is 0.101. The zero-order chi connectivity index (χ0) is 19.8. The van der Waals surface area contributed by atoms with Crippen molar-refractivity contribution in [2.75, 3.05) is 5.32 Å². The van der Waals surface area contributed by atoms with Crippen molar-refractivity contribution in [3.8, 4) is 11.3 Å². The molecular formula is C20H15FN4O2S. The number of hydrogen-bond acceptors (Lipinski definition) is 5. The highest BCUT2D eigenvalue weighted by Gasteiger charge is 2.18. The lowest BCUT2D eigenvalue weighted by Gasteiger charge is -2.07. The SMILES string of the molecule is Cc1ccc(-c2csc(NC(=O)c3nn(C)c4ccc(F)cc4c3=O)n2)cc1. The van der Waals surface area contributed by atoms with Gasteiger partial charge in [0.2, 0.25) is 5.43 Å². The average Bonchev–Trinajstić information content (AvgIpc) is 3.13. The largest absolute Gasteiger partial charge is 0.296 e. The number of rotatable bonds is 3. The van der Waals surface area contributed by atoms with Crippen molar-refractivity contribution in [3.05, 3.63) is 75.1 Å². The second-order valence-electron chi connectivity index (χ2n) is 6.32. The molecule has 140 valence electrons. The first-order chi connectivity index (χ1) is 13.4. The van der Waals surface area contributed by atoms with E-state index in [0.29, 0.717) is 10.6 Å².